The van der Waals surface area contributed by atoms with Crippen LogP contribution in [0.2, 0.25) is 0 Å². The number of hydrogen-bond donors (Lipinski definition) is 1. The third-order valence-electron chi connectivity index (χ3n) is 5.04. The van der Waals surface area contributed by atoms with Crippen molar-refractivity contribution in [1.82, 2.24) is 0 Å². The molecule has 1 aliphatic rings. The highest BCUT2D eigenvalue weighted by atomic mass is 79.9. The lowest BCUT2D eigenvalue weighted by molar-refractivity contribution is -0.118. The van der Waals surface area contributed by atoms with Gasteiger partial charge in [-0.1, -0.05) is 36.7 Å². The molecule has 27 heavy (non-hydrogen) atoms. The monoisotopic (exact) mass is 446 g/mol. The van der Waals surface area contributed by atoms with E-state index in [1.54, 1.807) is 23.5 Å². The summed E-state index contributed by atoms with van der Waals surface area (Å²) in [5.41, 5.74) is 1.99. The largest absolute Gasteiger partial charge is 0.484 e. The Balaban J connectivity index is 1.68. The smallest absolute Gasteiger partial charge is 0.262 e. The maximum atomic E-state index is 12.3. The molecule has 1 heterocycles. The van der Waals surface area contributed by atoms with E-state index in [0.29, 0.717) is 22.2 Å². The van der Waals surface area contributed by atoms with E-state index < -0.39 is 0 Å². The second kappa shape index (κ2) is 8.04. The van der Waals surface area contributed by atoms with Gasteiger partial charge in [-0.3, -0.25) is 4.79 Å². The first kappa shape index (κ1) is 19.9. The molecule has 1 aromatic heterocycles. The lowest BCUT2D eigenvalue weighted by Crippen LogP contribution is -2.26. The van der Waals surface area contributed by atoms with Crippen molar-refractivity contribution in [2.24, 2.45) is 11.3 Å². The number of carbonyl (C=O) groups is 1. The van der Waals surface area contributed by atoms with E-state index in [0.717, 1.165) is 29.3 Å². The van der Waals surface area contributed by atoms with Gasteiger partial charge in [0.25, 0.3) is 5.91 Å². The highest BCUT2D eigenvalue weighted by Gasteiger charge is 2.32. The highest BCUT2D eigenvalue weighted by molar-refractivity contribution is 9.10. The number of nitrogens with zero attached hydrogens (tertiary/aromatic N) is 1. The summed E-state index contributed by atoms with van der Waals surface area (Å²) in [7, 11) is 0. The quantitative estimate of drug-likeness (QED) is 0.669. The number of halogens is 1. The number of carbonyl (C=O) groups excluding carboxylic acids is 1. The maximum Gasteiger partial charge on any atom is 0.262 e. The number of nitrogens with one attached hydrogen (secondary N) is 1. The first-order chi connectivity index (χ1) is 12.8. The number of hydrogen-bond acceptors (Lipinski definition) is 4. The number of fused-ring (bicyclic) bond motifs is 1. The molecule has 4 nitrogen and oxygen atoms in total. The molecule has 3 rings (SSSR count). The third kappa shape index (κ3) is 4.72. The van der Waals surface area contributed by atoms with Gasteiger partial charge in [-0.25, -0.2) is 0 Å². The molecule has 0 radical (unpaired) electrons. The molecule has 0 bridgehead atoms. The third-order valence-corrected chi connectivity index (χ3v) is 6.74. The Morgan fingerprint density at radius 1 is 1.37 bits per heavy atom. The number of anilines is 1. The fourth-order valence-electron chi connectivity index (χ4n) is 3.37. The van der Waals surface area contributed by atoms with Gasteiger partial charge in [0.1, 0.15) is 16.8 Å². The molecule has 1 N–H and O–H groups in total. The van der Waals surface area contributed by atoms with Crippen LogP contribution in [0.25, 0.3) is 0 Å². The number of benzene rings is 1. The van der Waals surface area contributed by atoms with Crippen LogP contribution in [0, 0.1) is 22.7 Å². The van der Waals surface area contributed by atoms with Crippen molar-refractivity contribution in [1.29, 1.82) is 5.26 Å². The van der Waals surface area contributed by atoms with Crippen molar-refractivity contribution in [2.45, 2.75) is 40.0 Å². The molecule has 2 aromatic rings. The van der Waals surface area contributed by atoms with Gasteiger partial charge in [-0.15, -0.1) is 11.3 Å². The average molecular weight is 447 g/mol. The topological polar surface area (TPSA) is 62.1 Å². The van der Waals surface area contributed by atoms with Crippen molar-refractivity contribution in [3.8, 4) is 11.8 Å². The number of thiophene rings is 1. The Hall–Kier alpha value is -1.84. The number of rotatable bonds is 4. The summed E-state index contributed by atoms with van der Waals surface area (Å²) in [6, 6.07) is 9.61. The lowest BCUT2D eigenvalue weighted by Gasteiger charge is -2.33. The van der Waals surface area contributed by atoms with Crippen molar-refractivity contribution in [3.05, 3.63) is 44.7 Å². The molecule has 0 saturated carbocycles. The molecule has 0 saturated heterocycles. The number of amides is 1. The molecule has 0 spiro atoms. The van der Waals surface area contributed by atoms with E-state index in [4.69, 9.17) is 4.74 Å². The van der Waals surface area contributed by atoms with E-state index in [1.165, 1.54) is 4.88 Å². The number of ether oxygens (including phenoxy) is 1. The second-order valence-corrected chi connectivity index (χ2v) is 9.94. The van der Waals surface area contributed by atoms with Gasteiger partial charge >= 0.3 is 0 Å². The van der Waals surface area contributed by atoms with Gasteiger partial charge in [0.2, 0.25) is 0 Å². The molecule has 1 atom stereocenters. The first-order valence-corrected chi connectivity index (χ1v) is 10.6. The van der Waals surface area contributed by atoms with Crippen LogP contribution < -0.4 is 10.1 Å². The van der Waals surface area contributed by atoms with Crippen LogP contribution in [0.4, 0.5) is 5.00 Å². The molecular formula is C21H23BrN2O2S. The maximum absolute atomic E-state index is 12.3. The Bertz CT molecular complexity index is 875. The summed E-state index contributed by atoms with van der Waals surface area (Å²) in [6.07, 6.45) is 2.97. The van der Waals surface area contributed by atoms with Crippen molar-refractivity contribution >= 4 is 38.2 Å². The van der Waals surface area contributed by atoms with Crippen LogP contribution >= 0.6 is 27.3 Å². The second-order valence-electron chi connectivity index (χ2n) is 7.92. The predicted molar refractivity (Wildman–Crippen MR) is 112 cm³/mol. The molecule has 0 unspecified atom stereocenters. The van der Waals surface area contributed by atoms with Gasteiger partial charge < -0.3 is 10.1 Å². The standard InChI is InChI=1S/C21H23BrN2O2S/c1-21(2,3)13-4-9-16-17(11-23)20(27-18(16)10-13)24-19(25)12-26-15-7-5-14(22)6-8-15/h5-8,13H,4,9-10,12H2,1-3H3,(H,24,25)/t13-/m0/s1. The van der Waals surface area contributed by atoms with E-state index >= 15 is 0 Å². The SMILES string of the molecule is CC(C)(C)[C@H]1CCc2c(sc(NC(=O)COc3ccc(Br)cc3)c2C#N)C1. The molecular weight excluding hydrogens is 424 g/mol. The molecule has 6 heteroatoms. The Morgan fingerprint density at radius 3 is 2.70 bits per heavy atom. The van der Waals surface area contributed by atoms with Gasteiger partial charge in [-0.05, 0) is 60.4 Å². The van der Waals surface area contributed by atoms with Crippen LogP contribution in [-0.2, 0) is 17.6 Å². The zero-order valence-electron chi connectivity index (χ0n) is 15.8. The van der Waals surface area contributed by atoms with Gasteiger partial charge in [0.15, 0.2) is 6.61 Å². The first-order valence-electron chi connectivity index (χ1n) is 9.00. The summed E-state index contributed by atoms with van der Waals surface area (Å²) >= 11 is 4.91. The van der Waals surface area contributed by atoms with E-state index in [9.17, 15) is 10.1 Å². The Morgan fingerprint density at radius 2 is 2.07 bits per heavy atom. The van der Waals surface area contributed by atoms with Gasteiger partial charge in [0.05, 0.1) is 5.56 Å². The minimum Gasteiger partial charge on any atom is -0.484 e. The van der Waals surface area contributed by atoms with E-state index in [2.05, 4.69) is 48.1 Å². The molecule has 1 amide bonds. The van der Waals surface area contributed by atoms with Gasteiger partial charge in [-0.2, -0.15) is 5.26 Å². The van der Waals surface area contributed by atoms with Crippen LogP contribution in [0.15, 0.2) is 28.7 Å². The van der Waals surface area contributed by atoms with Crippen molar-refractivity contribution in [2.75, 3.05) is 11.9 Å². The van der Waals surface area contributed by atoms with Crippen LogP contribution in [0.1, 0.15) is 43.2 Å². The minimum atomic E-state index is -0.250. The molecule has 0 aliphatic heterocycles. The van der Waals surface area contributed by atoms with Crippen LogP contribution in [0.3, 0.4) is 0 Å². The summed E-state index contributed by atoms with van der Waals surface area (Å²) < 4.78 is 6.48. The molecule has 0 fully saturated rings. The van der Waals surface area contributed by atoms with E-state index in [1.807, 2.05) is 12.1 Å². The fraction of sp³-hybridized carbons (Fsp3) is 0.429. The zero-order valence-corrected chi connectivity index (χ0v) is 18.2. The minimum absolute atomic E-state index is 0.0836. The van der Waals surface area contributed by atoms with Crippen molar-refractivity contribution in [3.63, 3.8) is 0 Å². The summed E-state index contributed by atoms with van der Waals surface area (Å²) in [5.74, 6) is 0.979. The summed E-state index contributed by atoms with van der Waals surface area (Å²) in [6.45, 7) is 6.72. The van der Waals surface area contributed by atoms with E-state index in [-0.39, 0.29) is 17.9 Å². The van der Waals surface area contributed by atoms with Crippen LogP contribution in [0.5, 0.6) is 5.75 Å². The van der Waals surface area contributed by atoms with Gasteiger partial charge in [0, 0.05) is 9.35 Å². The summed E-state index contributed by atoms with van der Waals surface area (Å²) in [5, 5.41) is 13.1. The summed E-state index contributed by atoms with van der Waals surface area (Å²) in [4.78, 5) is 13.5. The lowest BCUT2D eigenvalue weighted by atomic mass is 9.72. The normalized spacial score (nSPS) is 16.3. The average Bonchev–Trinajstić information content (AvgIpc) is 2.96. The fourth-order valence-corrected chi connectivity index (χ4v) is 4.93. The molecule has 1 aromatic carbocycles. The Labute approximate surface area is 172 Å². The van der Waals surface area contributed by atoms with Crippen LogP contribution in [-0.4, -0.2) is 12.5 Å². The highest BCUT2D eigenvalue weighted by Crippen LogP contribution is 2.43. The zero-order chi connectivity index (χ0) is 19.6. The predicted octanol–water partition coefficient (Wildman–Crippen LogP) is 5.55. The Kier molecular flexibility index (Phi) is 5.92. The number of nitriles is 1. The molecule has 1 aliphatic carbocycles. The molecule has 142 valence electrons. The van der Waals surface area contributed by atoms with Crippen molar-refractivity contribution < 1.29 is 9.53 Å².